The van der Waals surface area contributed by atoms with E-state index in [1.54, 1.807) is 11.6 Å². The Hall–Kier alpha value is -3.07. The summed E-state index contributed by atoms with van der Waals surface area (Å²) >= 11 is 0. The lowest BCUT2D eigenvalue weighted by Gasteiger charge is -2.20. The van der Waals surface area contributed by atoms with Crippen LogP contribution >= 0.6 is 0 Å². The molecule has 3 aromatic rings. The summed E-state index contributed by atoms with van der Waals surface area (Å²) in [5.41, 5.74) is -0.197. The van der Waals surface area contributed by atoms with Crippen LogP contribution in [0.25, 0.3) is 11.2 Å². The van der Waals surface area contributed by atoms with E-state index in [-0.39, 0.29) is 13.2 Å². The van der Waals surface area contributed by atoms with E-state index in [1.807, 2.05) is 30.3 Å². The molecule has 9 nitrogen and oxygen atoms in total. The lowest BCUT2D eigenvalue weighted by atomic mass is 10.3. The summed E-state index contributed by atoms with van der Waals surface area (Å²) in [5, 5.41) is 10.6. The predicted octanol–water partition coefficient (Wildman–Crippen LogP) is 0.474. The van der Waals surface area contributed by atoms with Crippen LogP contribution in [0.2, 0.25) is 0 Å². The van der Waals surface area contributed by atoms with E-state index < -0.39 is 17.4 Å². The molecule has 4 rings (SSSR count). The minimum Gasteiger partial charge on any atom is -0.491 e. The highest BCUT2D eigenvalue weighted by Gasteiger charge is 2.25. The molecule has 9 heteroatoms. The number of ether oxygens (including phenoxy) is 1. The molecule has 1 saturated heterocycles. The summed E-state index contributed by atoms with van der Waals surface area (Å²) in [6.45, 7) is 1.88. The zero-order valence-corrected chi connectivity index (χ0v) is 16.6. The number of fused-ring (bicyclic) bond motifs is 1. The van der Waals surface area contributed by atoms with E-state index in [9.17, 15) is 14.7 Å². The summed E-state index contributed by atoms with van der Waals surface area (Å²) in [5.74, 6) is 1.27. The van der Waals surface area contributed by atoms with Crippen LogP contribution in [0, 0.1) is 0 Å². The van der Waals surface area contributed by atoms with Crippen molar-refractivity contribution in [1.82, 2.24) is 18.7 Å². The van der Waals surface area contributed by atoms with Crippen molar-refractivity contribution in [1.29, 1.82) is 0 Å². The van der Waals surface area contributed by atoms with Gasteiger partial charge in [0.2, 0.25) is 5.95 Å². The molecule has 1 aromatic carbocycles. The number of imidazole rings is 1. The maximum Gasteiger partial charge on any atom is 0.332 e. The molecule has 0 unspecified atom stereocenters. The maximum atomic E-state index is 12.9. The van der Waals surface area contributed by atoms with Crippen LogP contribution in [0.4, 0.5) is 5.95 Å². The normalized spacial score (nSPS) is 15.2. The first-order valence-electron chi connectivity index (χ1n) is 9.74. The molecule has 29 heavy (non-hydrogen) atoms. The molecule has 0 spiro atoms. The molecular formula is C20H25N5O4. The SMILES string of the molecule is Cn1c(=O)c2c(nc(N3CCCC3)n2C[C@@H](O)COc2ccccc2)n(C)c1=O. The molecule has 1 N–H and O–H groups in total. The molecule has 1 fully saturated rings. The van der Waals surface area contributed by atoms with Crippen LogP contribution in [-0.4, -0.2) is 49.6 Å². The minimum absolute atomic E-state index is 0.0786. The molecule has 1 aliphatic heterocycles. The molecule has 0 radical (unpaired) electrons. The van der Waals surface area contributed by atoms with Crippen molar-refractivity contribution in [3.63, 3.8) is 0 Å². The van der Waals surface area contributed by atoms with Gasteiger partial charge in [0.05, 0.1) is 6.54 Å². The fourth-order valence-electron chi connectivity index (χ4n) is 3.74. The number of aliphatic hydroxyl groups excluding tert-OH is 1. The second-order valence-corrected chi connectivity index (χ2v) is 7.37. The molecule has 0 bridgehead atoms. The summed E-state index contributed by atoms with van der Waals surface area (Å²) in [7, 11) is 3.05. The third kappa shape index (κ3) is 3.53. The maximum absolute atomic E-state index is 12.9. The highest BCUT2D eigenvalue weighted by Crippen LogP contribution is 2.24. The van der Waals surface area contributed by atoms with Crippen molar-refractivity contribution in [2.24, 2.45) is 14.1 Å². The van der Waals surface area contributed by atoms with Crippen LogP contribution in [0.15, 0.2) is 39.9 Å². The van der Waals surface area contributed by atoms with Crippen molar-refractivity contribution in [2.75, 3.05) is 24.6 Å². The second-order valence-electron chi connectivity index (χ2n) is 7.37. The summed E-state index contributed by atoms with van der Waals surface area (Å²) in [6, 6.07) is 9.26. The highest BCUT2D eigenvalue weighted by atomic mass is 16.5. The van der Waals surface area contributed by atoms with Gasteiger partial charge in [0, 0.05) is 27.2 Å². The van der Waals surface area contributed by atoms with Crippen LogP contribution in [-0.2, 0) is 20.6 Å². The van der Waals surface area contributed by atoms with Gasteiger partial charge in [-0.1, -0.05) is 18.2 Å². The van der Waals surface area contributed by atoms with Gasteiger partial charge in [-0.2, -0.15) is 4.98 Å². The summed E-state index contributed by atoms with van der Waals surface area (Å²) < 4.78 is 9.82. The average Bonchev–Trinajstić information content (AvgIpc) is 3.38. The number of aromatic nitrogens is 4. The van der Waals surface area contributed by atoms with Crippen molar-refractivity contribution < 1.29 is 9.84 Å². The van der Waals surface area contributed by atoms with Gasteiger partial charge < -0.3 is 19.3 Å². The van der Waals surface area contributed by atoms with E-state index in [1.165, 1.54) is 11.6 Å². The fourth-order valence-corrected chi connectivity index (χ4v) is 3.74. The first-order valence-corrected chi connectivity index (χ1v) is 9.74. The van der Waals surface area contributed by atoms with E-state index >= 15 is 0 Å². The van der Waals surface area contributed by atoms with Crippen LogP contribution in [0.5, 0.6) is 5.75 Å². The number of aryl methyl sites for hydroxylation is 1. The predicted molar refractivity (Wildman–Crippen MR) is 110 cm³/mol. The van der Waals surface area contributed by atoms with E-state index in [0.717, 1.165) is 30.5 Å². The number of nitrogens with zero attached hydrogens (tertiary/aromatic N) is 5. The van der Waals surface area contributed by atoms with Gasteiger partial charge in [-0.05, 0) is 25.0 Å². The van der Waals surface area contributed by atoms with Crippen molar-refractivity contribution in [3.8, 4) is 5.75 Å². The largest absolute Gasteiger partial charge is 0.491 e. The Labute approximate surface area is 167 Å². The number of hydrogen-bond donors (Lipinski definition) is 1. The Morgan fingerprint density at radius 3 is 2.48 bits per heavy atom. The quantitative estimate of drug-likeness (QED) is 0.648. The van der Waals surface area contributed by atoms with Crippen molar-refractivity contribution in [3.05, 3.63) is 51.2 Å². The molecule has 0 saturated carbocycles. The lowest BCUT2D eigenvalue weighted by molar-refractivity contribution is 0.0936. The first kappa shape index (κ1) is 19.3. The van der Waals surface area contributed by atoms with Crippen LogP contribution in [0.1, 0.15) is 12.8 Å². The number of aliphatic hydroxyl groups is 1. The van der Waals surface area contributed by atoms with E-state index in [4.69, 9.17) is 4.74 Å². The number of para-hydroxylation sites is 1. The summed E-state index contributed by atoms with van der Waals surface area (Å²) in [6.07, 6.45) is 1.23. The van der Waals surface area contributed by atoms with Gasteiger partial charge in [-0.3, -0.25) is 13.9 Å². The smallest absolute Gasteiger partial charge is 0.332 e. The zero-order valence-electron chi connectivity index (χ0n) is 16.6. The monoisotopic (exact) mass is 399 g/mol. The first-order chi connectivity index (χ1) is 14.0. The molecule has 1 aliphatic rings. The number of benzene rings is 1. The zero-order chi connectivity index (χ0) is 20.5. The van der Waals surface area contributed by atoms with Crippen molar-refractivity contribution >= 4 is 17.1 Å². The topological polar surface area (TPSA) is 94.5 Å². The van der Waals surface area contributed by atoms with Gasteiger partial charge >= 0.3 is 5.69 Å². The van der Waals surface area contributed by atoms with Crippen molar-refractivity contribution in [2.45, 2.75) is 25.5 Å². The van der Waals surface area contributed by atoms with Crippen LogP contribution < -0.4 is 20.9 Å². The number of anilines is 1. The van der Waals surface area contributed by atoms with Gasteiger partial charge in [0.15, 0.2) is 11.2 Å². The molecular weight excluding hydrogens is 374 g/mol. The molecule has 1 atom stereocenters. The number of rotatable bonds is 6. The Kier molecular flexibility index (Phi) is 5.14. The Morgan fingerprint density at radius 2 is 1.79 bits per heavy atom. The number of hydrogen-bond acceptors (Lipinski definition) is 6. The lowest BCUT2D eigenvalue weighted by Crippen LogP contribution is -2.38. The van der Waals surface area contributed by atoms with Gasteiger partial charge in [0.25, 0.3) is 5.56 Å². The van der Waals surface area contributed by atoms with Gasteiger partial charge in [-0.15, -0.1) is 0 Å². The fraction of sp³-hybridized carbons (Fsp3) is 0.450. The Bertz CT molecular complexity index is 1130. The van der Waals surface area contributed by atoms with E-state index in [0.29, 0.717) is 22.9 Å². The summed E-state index contributed by atoms with van der Waals surface area (Å²) in [4.78, 5) is 31.9. The minimum atomic E-state index is -0.851. The van der Waals surface area contributed by atoms with E-state index in [2.05, 4.69) is 9.88 Å². The standard InChI is InChI=1S/C20H25N5O4/c1-22-17-16(18(27)23(2)20(22)28)25(19(21-17)24-10-6-7-11-24)12-14(26)13-29-15-8-4-3-5-9-15/h3-5,8-9,14,26H,6-7,10-13H2,1-2H3/t14-/m1/s1. The third-order valence-corrected chi connectivity index (χ3v) is 5.30. The molecule has 0 amide bonds. The molecule has 0 aliphatic carbocycles. The molecule has 2 aromatic heterocycles. The average molecular weight is 399 g/mol. The molecule has 3 heterocycles. The van der Waals surface area contributed by atoms with Gasteiger partial charge in [-0.25, -0.2) is 4.79 Å². The second kappa shape index (κ2) is 7.75. The highest BCUT2D eigenvalue weighted by molar-refractivity contribution is 5.74. The van der Waals surface area contributed by atoms with Gasteiger partial charge in [0.1, 0.15) is 18.5 Å². The Morgan fingerprint density at radius 1 is 1.10 bits per heavy atom. The van der Waals surface area contributed by atoms with Crippen LogP contribution in [0.3, 0.4) is 0 Å². The molecule has 154 valence electrons. The third-order valence-electron chi connectivity index (χ3n) is 5.30. The Balaban J connectivity index is 1.72.